The first-order chi connectivity index (χ1) is 14.4. The molecule has 2 heterocycles. The maximum Gasteiger partial charge on any atom is 0.277 e. The van der Waals surface area contributed by atoms with Gasteiger partial charge in [-0.2, -0.15) is 0 Å². The van der Waals surface area contributed by atoms with Gasteiger partial charge in [0.2, 0.25) is 0 Å². The van der Waals surface area contributed by atoms with Gasteiger partial charge >= 0.3 is 0 Å². The number of carbonyl (C=O) groups is 1. The zero-order valence-corrected chi connectivity index (χ0v) is 17.5. The number of rotatable bonds is 7. The predicted molar refractivity (Wildman–Crippen MR) is 112 cm³/mol. The van der Waals surface area contributed by atoms with E-state index >= 15 is 0 Å². The van der Waals surface area contributed by atoms with Crippen LogP contribution in [0.3, 0.4) is 0 Å². The third kappa shape index (κ3) is 4.09. The first-order valence-electron chi connectivity index (χ1n) is 9.46. The number of ketones is 1. The Hall–Kier alpha value is -3.13. The predicted octanol–water partition coefficient (Wildman–Crippen LogP) is 5.50. The summed E-state index contributed by atoms with van der Waals surface area (Å²) in [7, 11) is 0. The van der Waals surface area contributed by atoms with E-state index in [2.05, 4.69) is 15.2 Å². The minimum Gasteiger partial charge on any atom is -0.481 e. The molecule has 0 aliphatic heterocycles. The second-order valence-electron chi connectivity index (χ2n) is 6.92. The van der Waals surface area contributed by atoms with Crippen molar-refractivity contribution in [3.8, 4) is 5.75 Å². The van der Waals surface area contributed by atoms with Gasteiger partial charge in [0.25, 0.3) is 11.1 Å². The van der Waals surface area contributed by atoms with Crippen LogP contribution in [0.4, 0.5) is 4.39 Å². The number of aromatic amines is 1. The Bertz CT molecular complexity index is 1190. The lowest BCUT2D eigenvalue weighted by Crippen LogP contribution is -2.14. The van der Waals surface area contributed by atoms with Crippen LogP contribution in [0, 0.1) is 12.7 Å². The largest absolute Gasteiger partial charge is 0.481 e. The number of H-pyrrole nitrogens is 1. The zero-order chi connectivity index (χ0) is 21.3. The Balaban J connectivity index is 1.45. The standard InChI is InChI=1S/C22H20FN3O3S/c1-12-19(17-6-4-5-7-18(17)24-12)20(27)14(3)30-22-26-25-21(29-22)13(2)28-16-10-8-15(23)9-11-16/h4-11,13-14,24H,1-3H3/t13-,14-/m0/s1. The minimum absolute atomic E-state index is 0.00897. The van der Waals surface area contributed by atoms with Gasteiger partial charge in [-0.1, -0.05) is 30.0 Å². The second kappa shape index (κ2) is 8.31. The van der Waals surface area contributed by atoms with Crippen LogP contribution >= 0.6 is 11.8 Å². The van der Waals surface area contributed by atoms with E-state index in [1.54, 1.807) is 6.92 Å². The lowest BCUT2D eigenvalue weighted by molar-refractivity contribution is 0.0994. The quantitative estimate of drug-likeness (QED) is 0.311. The van der Waals surface area contributed by atoms with Crippen LogP contribution in [0.25, 0.3) is 10.9 Å². The summed E-state index contributed by atoms with van der Waals surface area (Å²) in [6.07, 6.45) is -0.515. The van der Waals surface area contributed by atoms with Crippen molar-refractivity contribution in [2.24, 2.45) is 0 Å². The Morgan fingerprint density at radius 3 is 2.63 bits per heavy atom. The molecule has 0 fully saturated rings. The Kier molecular flexibility index (Phi) is 5.59. The summed E-state index contributed by atoms with van der Waals surface area (Å²) in [6, 6.07) is 13.4. The molecular formula is C22H20FN3O3S. The summed E-state index contributed by atoms with van der Waals surface area (Å²) in [5.74, 6) is 0.431. The number of hydrogen-bond donors (Lipinski definition) is 1. The van der Waals surface area contributed by atoms with Crippen molar-refractivity contribution in [3.05, 3.63) is 71.5 Å². The highest BCUT2D eigenvalue weighted by atomic mass is 32.2. The molecule has 4 rings (SSSR count). The first kappa shape index (κ1) is 20.2. The molecule has 1 N–H and O–H groups in total. The smallest absolute Gasteiger partial charge is 0.277 e. The summed E-state index contributed by atoms with van der Waals surface area (Å²) in [6.45, 7) is 5.47. The molecule has 0 amide bonds. The van der Waals surface area contributed by atoms with Crippen LogP contribution in [0.15, 0.2) is 58.2 Å². The van der Waals surface area contributed by atoms with Gasteiger partial charge in [0, 0.05) is 22.2 Å². The zero-order valence-electron chi connectivity index (χ0n) is 16.7. The van der Waals surface area contributed by atoms with Gasteiger partial charge < -0.3 is 14.1 Å². The first-order valence-corrected chi connectivity index (χ1v) is 10.3. The highest BCUT2D eigenvalue weighted by Crippen LogP contribution is 2.30. The topological polar surface area (TPSA) is 81.0 Å². The molecule has 6 nitrogen and oxygen atoms in total. The highest BCUT2D eigenvalue weighted by molar-refractivity contribution is 8.00. The number of carbonyl (C=O) groups excluding carboxylic acids is 1. The molecule has 2 aromatic carbocycles. The number of halogens is 1. The van der Waals surface area contributed by atoms with Gasteiger partial charge in [-0.15, -0.1) is 10.2 Å². The van der Waals surface area contributed by atoms with Crippen LogP contribution in [-0.4, -0.2) is 26.2 Å². The van der Waals surface area contributed by atoms with Gasteiger partial charge in [0.15, 0.2) is 11.9 Å². The van der Waals surface area contributed by atoms with E-state index in [0.29, 0.717) is 11.3 Å². The Labute approximate surface area is 176 Å². The molecule has 2 atom stereocenters. The molecule has 0 saturated heterocycles. The third-order valence-corrected chi connectivity index (χ3v) is 5.62. The fourth-order valence-electron chi connectivity index (χ4n) is 3.20. The molecule has 0 aliphatic rings. The molecule has 0 aliphatic carbocycles. The third-order valence-electron chi connectivity index (χ3n) is 4.68. The normalized spacial score (nSPS) is 13.3. The molecule has 0 spiro atoms. The SMILES string of the molecule is Cc1[nH]c2ccccc2c1C(=O)[C@H](C)Sc1nnc([C@H](C)Oc2ccc(F)cc2)o1. The molecule has 0 radical (unpaired) electrons. The van der Waals surface area contributed by atoms with Crippen molar-refractivity contribution >= 4 is 28.4 Å². The van der Waals surface area contributed by atoms with Gasteiger partial charge in [-0.25, -0.2) is 4.39 Å². The average Bonchev–Trinajstić information content (AvgIpc) is 3.32. The number of aryl methyl sites for hydroxylation is 1. The number of Topliss-reactive ketones (excluding diaryl/α,β-unsaturated/α-hetero) is 1. The van der Waals surface area contributed by atoms with Crippen LogP contribution < -0.4 is 4.74 Å². The van der Waals surface area contributed by atoms with Gasteiger partial charge in [-0.05, 0) is 51.1 Å². The minimum atomic E-state index is -0.515. The van der Waals surface area contributed by atoms with Gasteiger partial charge in [-0.3, -0.25) is 4.79 Å². The van der Waals surface area contributed by atoms with Gasteiger partial charge in [0.05, 0.1) is 5.25 Å². The van der Waals surface area contributed by atoms with E-state index in [9.17, 15) is 9.18 Å². The van der Waals surface area contributed by atoms with Crippen molar-refractivity contribution in [3.63, 3.8) is 0 Å². The van der Waals surface area contributed by atoms with Crippen LogP contribution in [-0.2, 0) is 0 Å². The summed E-state index contributed by atoms with van der Waals surface area (Å²) >= 11 is 1.20. The Morgan fingerprint density at radius 1 is 1.13 bits per heavy atom. The Morgan fingerprint density at radius 2 is 1.87 bits per heavy atom. The number of ether oxygens (including phenoxy) is 1. The van der Waals surface area contributed by atoms with Crippen LogP contribution in [0.1, 0.15) is 41.9 Å². The van der Waals surface area contributed by atoms with E-state index in [1.807, 2.05) is 38.1 Å². The van der Waals surface area contributed by atoms with E-state index in [1.165, 1.54) is 36.0 Å². The van der Waals surface area contributed by atoms with Crippen molar-refractivity contribution in [2.75, 3.05) is 0 Å². The highest BCUT2D eigenvalue weighted by Gasteiger charge is 2.25. The maximum absolute atomic E-state index is 13.1. The molecule has 2 aromatic heterocycles. The van der Waals surface area contributed by atoms with Crippen molar-refractivity contribution in [1.82, 2.24) is 15.2 Å². The van der Waals surface area contributed by atoms with Gasteiger partial charge in [0.1, 0.15) is 11.6 Å². The molecule has 154 valence electrons. The van der Waals surface area contributed by atoms with Crippen molar-refractivity contribution in [1.29, 1.82) is 0 Å². The molecular weight excluding hydrogens is 405 g/mol. The number of nitrogens with one attached hydrogen (secondary N) is 1. The lowest BCUT2D eigenvalue weighted by Gasteiger charge is -2.10. The molecule has 0 unspecified atom stereocenters. The van der Waals surface area contributed by atoms with Crippen molar-refractivity contribution < 1.29 is 18.3 Å². The number of aromatic nitrogens is 3. The molecule has 0 bridgehead atoms. The molecule has 30 heavy (non-hydrogen) atoms. The summed E-state index contributed by atoms with van der Waals surface area (Å²) in [4.78, 5) is 16.3. The fourth-order valence-corrected chi connectivity index (χ4v) is 3.95. The van der Waals surface area contributed by atoms with E-state index in [0.717, 1.165) is 16.6 Å². The number of fused-ring (bicyclic) bond motifs is 1. The van der Waals surface area contributed by atoms with Crippen LogP contribution in [0.5, 0.6) is 5.75 Å². The molecule has 8 heteroatoms. The lowest BCUT2D eigenvalue weighted by atomic mass is 10.1. The molecule has 0 saturated carbocycles. The summed E-state index contributed by atoms with van der Waals surface area (Å²) < 4.78 is 24.4. The van der Waals surface area contributed by atoms with Crippen molar-refractivity contribution in [2.45, 2.75) is 37.3 Å². The molecule has 4 aromatic rings. The van der Waals surface area contributed by atoms with E-state index < -0.39 is 11.4 Å². The number of thioether (sulfide) groups is 1. The van der Waals surface area contributed by atoms with Crippen LogP contribution in [0.2, 0.25) is 0 Å². The number of hydrogen-bond acceptors (Lipinski definition) is 6. The number of nitrogens with zero attached hydrogens (tertiary/aromatic N) is 2. The number of para-hydroxylation sites is 1. The number of benzene rings is 2. The maximum atomic E-state index is 13.1. The summed E-state index contributed by atoms with van der Waals surface area (Å²) in [5.41, 5.74) is 2.45. The summed E-state index contributed by atoms with van der Waals surface area (Å²) in [5, 5.41) is 8.83. The monoisotopic (exact) mass is 425 g/mol. The average molecular weight is 425 g/mol. The van der Waals surface area contributed by atoms with E-state index in [-0.39, 0.29) is 22.7 Å². The van der Waals surface area contributed by atoms with E-state index in [4.69, 9.17) is 9.15 Å². The second-order valence-corrected chi connectivity index (χ2v) is 8.21. The fraction of sp³-hybridized carbons (Fsp3) is 0.227.